The molecule has 3 aliphatic rings. The first-order chi connectivity index (χ1) is 13.2. The monoisotopic (exact) mass is 359 g/mol. The molecule has 3 heteroatoms. The maximum Gasteiger partial charge on any atom is 0.148 e. The molecule has 2 fully saturated rings. The molecule has 27 heavy (non-hydrogen) atoms. The number of carbonyl (C=O) groups is 2. The quantitative estimate of drug-likeness (QED) is 0.712. The lowest BCUT2D eigenvalue weighted by Crippen LogP contribution is -2.63. The Morgan fingerprint density at radius 3 is 2.37 bits per heavy atom. The summed E-state index contributed by atoms with van der Waals surface area (Å²) < 4.78 is 0. The first-order valence-electron chi connectivity index (χ1n) is 10.2. The van der Waals surface area contributed by atoms with Gasteiger partial charge in [0.05, 0.1) is 0 Å². The fourth-order valence-corrected chi connectivity index (χ4v) is 5.69. The summed E-state index contributed by atoms with van der Waals surface area (Å²) in [4.78, 5) is 28.9. The minimum absolute atomic E-state index is 0.00773. The first kappa shape index (κ1) is 16.7. The molecule has 2 unspecified atom stereocenters. The van der Waals surface area contributed by atoms with Gasteiger partial charge in [-0.15, -0.1) is 0 Å². The van der Waals surface area contributed by atoms with Crippen molar-refractivity contribution in [1.82, 2.24) is 0 Å². The highest BCUT2D eigenvalue weighted by atomic mass is 16.2. The number of nitrogens with zero attached hydrogens (tertiary/aromatic N) is 1. The molecule has 5 rings (SSSR count). The van der Waals surface area contributed by atoms with E-state index in [0.717, 1.165) is 31.4 Å². The lowest BCUT2D eigenvalue weighted by Gasteiger charge is -2.54. The number of carbonyl (C=O) groups excluding carboxylic acids is 2. The second kappa shape index (κ2) is 6.33. The van der Waals surface area contributed by atoms with E-state index in [-0.39, 0.29) is 17.6 Å². The number of ketones is 2. The lowest BCUT2D eigenvalue weighted by atomic mass is 9.58. The van der Waals surface area contributed by atoms with Crippen LogP contribution in [0.15, 0.2) is 54.6 Å². The Bertz CT molecular complexity index is 872. The van der Waals surface area contributed by atoms with E-state index in [0.29, 0.717) is 25.2 Å². The molecule has 1 saturated heterocycles. The van der Waals surface area contributed by atoms with E-state index >= 15 is 0 Å². The zero-order valence-electron chi connectivity index (χ0n) is 15.6. The summed E-state index contributed by atoms with van der Waals surface area (Å²) in [6.07, 6.45) is 4.35. The van der Waals surface area contributed by atoms with E-state index in [1.54, 1.807) is 0 Å². The summed E-state index contributed by atoms with van der Waals surface area (Å²) >= 11 is 0. The summed E-state index contributed by atoms with van der Waals surface area (Å²) in [7, 11) is 0. The second-order valence-corrected chi connectivity index (χ2v) is 8.32. The van der Waals surface area contributed by atoms with Gasteiger partial charge in [-0.3, -0.25) is 9.59 Å². The second-order valence-electron chi connectivity index (χ2n) is 8.32. The van der Waals surface area contributed by atoms with Gasteiger partial charge in [-0.2, -0.15) is 0 Å². The number of hydrogen-bond acceptors (Lipinski definition) is 3. The molecule has 1 saturated carbocycles. The van der Waals surface area contributed by atoms with Crippen LogP contribution in [-0.2, 0) is 16.0 Å². The van der Waals surface area contributed by atoms with E-state index in [1.165, 1.54) is 11.3 Å². The average molecular weight is 359 g/mol. The molecule has 2 heterocycles. The van der Waals surface area contributed by atoms with Crippen LogP contribution >= 0.6 is 0 Å². The van der Waals surface area contributed by atoms with Crippen LogP contribution in [0.2, 0.25) is 0 Å². The summed E-state index contributed by atoms with van der Waals surface area (Å²) in [5.74, 6) is 0.769. The topological polar surface area (TPSA) is 37.4 Å². The van der Waals surface area contributed by atoms with E-state index in [1.807, 2.05) is 12.1 Å². The smallest absolute Gasteiger partial charge is 0.148 e. The molecule has 3 nitrogen and oxygen atoms in total. The molecular weight excluding hydrogens is 334 g/mol. The van der Waals surface area contributed by atoms with Crippen molar-refractivity contribution in [3.05, 3.63) is 65.7 Å². The maximum absolute atomic E-state index is 13.2. The number of fused-ring (bicyclic) bond motifs is 4. The minimum atomic E-state index is -0.833. The SMILES string of the molecule is O=C1CCCC(=O)C12Cc1ccccc1N1CCC(c3ccccc3)CC12. The Hall–Kier alpha value is -2.42. The van der Waals surface area contributed by atoms with Crippen molar-refractivity contribution in [2.45, 2.75) is 50.5 Å². The number of para-hydroxylation sites is 1. The predicted molar refractivity (Wildman–Crippen MR) is 106 cm³/mol. The number of Topliss-reactive ketones (excluding diaryl/α,β-unsaturated/α-hetero) is 2. The molecule has 0 radical (unpaired) electrons. The molecule has 138 valence electrons. The fourth-order valence-electron chi connectivity index (χ4n) is 5.69. The van der Waals surface area contributed by atoms with Crippen LogP contribution in [0.3, 0.4) is 0 Å². The van der Waals surface area contributed by atoms with Crippen LogP contribution in [-0.4, -0.2) is 24.2 Å². The van der Waals surface area contributed by atoms with Crippen LogP contribution in [0.5, 0.6) is 0 Å². The standard InChI is InChI=1S/C24H25NO2/c26-22-11-6-12-23(27)24(22)16-19-9-4-5-10-20(19)25-14-13-18(15-21(24)25)17-7-2-1-3-8-17/h1-5,7-10,18,21H,6,11-16H2. The lowest BCUT2D eigenvalue weighted by molar-refractivity contribution is -0.146. The van der Waals surface area contributed by atoms with Gasteiger partial charge in [0.1, 0.15) is 17.0 Å². The molecule has 2 atom stereocenters. The normalized spacial score (nSPS) is 26.6. The summed E-state index contributed by atoms with van der Waals surface area (Å²) in [6, 6.07) is 19.0. The number of benzene rings is 2. The minimum Gasteiger partial charge on any atom is -0.367 e. The van der Waals surface area contributed by atoms with Crippen molar-refractivity contribution in [2.75, 3.05) is 11.4 Å². The number of piperidine rings is 1. The average Bonchev–Trinajstić information content (AvgIpc) is 2.72. The fraction of sp³-hybridized carbons (Fsp3) is 0.417. The summed E-state index contributed by atoms with van der Waals surface area (Å²) in [5.41, 5.74) is 2.89. The van der Waals surface area contributed by atoms with Gasteiger partial charge in [0.15, 0.2) is 0 Å². The van der Waals surface area contributed by atoms with E-state index in [4.69, 9.17) is 0 Å². The van der Waals surface area contributed by atoms with Crippen molar-refractivity contribution < 1.29 is 9.59 Å². The molecule has 2 aliphatic heterocycles. The molecule has 0 N–H and O–H groups in total. The highest BCUT2D eigenvalue weighted by molar-refractivity contribution is 6.11. The van der Waals surface area contributed by atoms with E-state index in [9.17, 15) is 9.59 Å². The number of rotatable bonds is 1. The van der Waals surface area contributed by atoms with Crippen molar-refractivity contribution >= 4 is 17.3 Å². The summed E-state index contributed by atoms with van der Waals surface area (Å²) in [5, 5.41) is 0. The van der Waals surface area contributed by atoms with Crippen molar-refractivity contribution in [3.8, 4) is 0 Å². The third kappa shape index (κ3) is 2.48. The van der Waals surface area contributed by atoms with Gasteiger partial charge >= 0.3 is 0 Å². The van der Waals surface area contributed by atoms with Crippen LogP contribution < -0.4 is 4.90 Å². The molecular formula is C24H25NO2. The summed E-state index contributed by atoms with van der Waals surface area (Å²) in [6.45, 7) is 0.906. The van der Waals surface area contributed by atoms with Gasteiger partial charge in [-0.25, -0.2) is 0 Å². The van der Waals surface area contributed by atoms with Crippen molar-refractivity contribution in [1.29, 1.82) is 0 Å². The molecule has 0 aromatic heterocycles. The Morgan fingerprint density at radius 2 is 1.59 bits per heavy atom. The van der Waals surface area contributed by atoms with Crippen LogP contribution in [0.4, 0.5) is 5.69 Å². The molecule has 2 aromatic rings. The van der Waals surface area contributed by atoms with Crippen LogP contribution in [0.1, 0.15) is 49.1 Å². The highest BCUT2D eigenvalue weighted by Crippen LogP contribution is 2.51. The van der Waals surface area contributed by atoms with Gasteiger partial charge in [0, 0.05) is 31.1 Å². The van der Waals surface area contributed by atoms with Crippen molar-refractivity contribution in [2.24, 2.45) is 5.41 Å². The Kier molecular flexibility index (Phi) is 3.92. The van der Waals surface area contributed by atoms with E-state index < -0.39 is 5.41 Å². The maximum atomic E-state index is 13.2. The predicted octanol–water partition coefficient (Wildman–Crippen LogP) is 4.30. The number of hydrogen-bond donors (Lipinski definition) is 0. The van der Waals surface area contributed by atoms with Crippen molar-refractivity contribution in [3.63, 3.8) is 0 Å². The van der Waals surface area contributed by atoms with Gasteiger partial charge in [0.25, 0.3) is 0 Å². The molecule has 0 amide bonds. The Labute approximate surface area is 160 Å². The Morgan fingerprint density at radius 1 is 0.889 bits per heavy atom. The van der Waals surface area contributed by atoms with E-state index in [2.05, 4.69) is 47.4 Å². The zero-order valence-corrected chi connectivity index (χ0v) is 15.6. The Balaban J connectivity index is 1.61. The highest BCUT2D eigenvalue weighted by Gasteiger charge is 2.58. The van der Waals surface area contributed by atoms with Gasteiger partial charge in [0.2, 0.25) is 0 Å². The third-order valence-corrected chi connectivity index (χ3v) is 7.02. The molecule has 1 aliphatic carbocycles. The zero-order chi connectivity index (χ0) is 18.4. The number of anilines is 1. The van der Waals surface area contributed by atoms with Gasteiger partial charge in [-0.05, 0) is 48.8 Å². The molecule has 0 bridgehead atoms. The third-order valence-electron chi connectivity index (χ3n) is 7.02. The largest absolute Gasteiger partial charge is 0.367 e. The van der Waals surface area contributed by atoms with Crippen LogP contribution in [0, 0.1) is 5.41 Å². The first-order valence-corrected chi connectivity index (χ1v) is 10.2. The van der Waals surface area contributed by atoms with Gasteiger partial charge in [-0.1, -0.05) is 48.5 Å². The molecule has 1 spiro atoms. The van der Waals surface area contributed by atoms with Crippen LogP contribution in [0.25, 0.3) is 0 Å². The van der Waals surface area contributed by atoms with Gasteiger partial charge < -0.3 is 4.90 Å². The molecule has 2 aromatic carbocycles.